The zero-order valence-corrected chi connectivity index (χ0v) is 16.3. The first-order valence-electron chi connectivity index (χ1n) is 8.58. The van der Waals surface area contributed by atoms with Crippen LogP contribution in [0.3, 0.4) is 0 Å². The summed E-state index contributed by atoms with van der Waals surface area (Å²) in [5.41, 5.74) is -0.107. The molecular formula is C16H19F3N2O5S2. The molecule has 1 N–H and O–H groups in total. The molecule has 1 aliphatic heterocycles. The highest BCUT2D eigenvalue weighted by Gasteiger charge is 2.46. The van der Waals surface area contributed by atoms with Crippen LogP contribution < -0.4 is 5.32 Å². The number of rotatable bonds is 6. The number of sulfone groups is 1. The van der Waals surface area contributed by atoms with Crippen molar-refractivity contribution in [2.75, 3.05) is 18.1 Å². The van der Waals surface area contributed by atoms with Gasteiger partial charge in [-0.1, -0.05) is 0 Å². The quantitative estimate of drug-likeness (QED) is 0.719. The van der Waals surface area contributed by atoms with Crippen molar-refractivity contribution >= 4 is 25.8 Å². The molecule has 1 unspecified atom stereocenters. The molecule has 3 rings (SSSR count). The van der Waals surface area contributed by atoms with Crippen molar-refractivity contribution in [3.05, 3.63) is 29.8 Å². The second-order valence-corrected chi connectivity index (χ2v) is 11.0. The Balaban J connectivity index is 1.78. The van der Waals surface area contributed by atoms with E-state index in [9.17, 15) is 34.8 Å². The van der Waals surface area contributed by atoms with Gasteiger partial charge in [0.05, 0.1) is 16.4 Å². The molecule has 1 heterocycles. The predicted octanol–water partition coefficient (Wildman–Crippen LogP) is 1.32. The minimum absolute atomic E-state index is 0.0608. The monoisotopic (exact) mass is 440 g/mol. The lowest BCUT2D eigenvalue weighted by atomic mass is 10.2. The molecule has 2 aliphatic rings. The van der Waals surface area contributed by atoms with Gasteiger partial charge in [-0.2, -0.15) is 17.5 Å². The van der Waals surface area contributed by atoms with E-state index >= 15 is 0 Å². The molecule has 2 fully saturated rings. The maximum Gasteiger partial charge on any atom is 0.405 e. The van der Waals surface area contributed by atoms with Crippen LogP contribution in [0.25, 0.3) is 0 Å². The maximum absolute atomic E-state index is 13.0. The van der Waals surface area contributed by atoms with Crippen molar-refractivity contribution in [3.8, 4) is 0 Å². The van der Waals surface area contributed by atoms with Gasteiger partial charge in [0.25, 0.3) is 5.91 Å². The van der Waals surface area contributed by atoms with E-state index in [1.54, 1.807) is 5.32 Å². The number of hydrogen-bond donors (Lipinski definition) is 1. The maximum atomic E-state index is 13.0. The fourth-order valence-corrected chi connectivity index (χ4v) is 6.88. The van der Waals surface area contributed by atoms with Crippen LogP contribution in [0, 0.1) is 0 Å². The summed E-state index contributed by atoms with van der Waals surface area (Å²) in [7, 11) is -7.27. The van der Waals surface area contributed by atoms with Crippen LogP contribution in [0.4, 0.5) is 13.2 Å². The zero-order valence-electron chi connectivity index (χ0n) is 14.6. The van der Waals surface area contributed by atoms with Crippen LogP contribution in [0.2, 0.25) is 0 Å². The van der Waals surface area contributed by atoms with E-state index in [-0.39, 0.29) is 34.4 Å². The molecule has 28 heavy (non-hydrogen) atoms. The summed E-state index contributed by atoms with van der Waals surface area (Å²) in [6.07, 6.45) is -3.03. The summed E-state index contributed by atoms with van der Waals surface area (Å²) in [6.45, 7) is -1.49. The third-order valence-corrected chi connectivity index (χ3v) is 8.39. The van der Waals surface area contributed by atoms with Crippen LogP contribution in [0.15, 0.2) is 29.2 Å². The lowest BCUT2D eigenvalue weighted by Crippen LogP contribution is -2.42. The summed E-state index contributed by atoms with van der Waals surface area (Å²) < 4.78 is 87.4. The minimum atomic E-state index is -4.55. The lowest BCUT2D eigenvalue weighted by molar-refractivity contribution is -0.123. The Morgan fingerprint density at radius 3 is 2.18 bits per heavy atom. The number of carbonyl (C=O) groups is 1. The highest BCUT2D eigenvalue weighted by atomic mass is 32.2. The van der Waals surface area contributed by atoms with E-state index in [1.165, 1.54) is 4.31 Å². The van der Waals surface area contributed by atoms with Gasteiger partial charge in [-0.25, -0.2) is 16.8 Å². The summed E-state index contributed by atoms with van der Waals surface area (Å²) in [4.78, 5) is 11.6. The number of nitrogens with one attached hydrogen (secondary N) is 1. The fraction of sp³-hybridized carbons (Fsp3) is 0.562. The standard InChI is InChI=1S/C16H19F3N2O5S2/c17-16(18,19)10-20-15(22)11-1-5-14(6-2-11)28(25,26)21(12-3-4-12)13-7-8-27(23,24)9-13/h1-2,5-6,12-13H,3-4,7-10H2,(H,20,22). The van der Waals surface area contributed by atoms with Gasteiger partial charge in [0.2, 0.25) is 10.0 Å². The van der Waals surface area contributed by atoms with Crippen LogP contribution in [-0.4, -0.2) is 63.4 Å². The molecule has 0 bridgehead atoms. The SMILES string of the molecule is O=C(NCC(F)(F)F)c1ccc(S(=O)(=O)N(C2CC2)C2CCS(=O)(=O)C2)cc1. The van der Waals surface area contributed by atoms with Crippen molar-refractivity contribution in [1.29, 1.82) is 0 Å². The molecule has 1 atom stereocenters. The highest BCUT2D eigenvalue weighted by molar-refractivity contribution is 7.92. The first-order chi connectivity index (χ1) is 12.9. The van der Waals surface area contributed by atoms with Crippen molar-refractivity contribution in [1.82, 2.24) is 9.62 Å². The smallest absolute Gasteiger partial charge is 0.343 e. The van der Waals surface area contributed by atoms with Crippen LogP contribution in [0.1, 0.15) is 29.6 Å². The van der Waals surface area contributed by atoms with Gasteiger partial charge in [-0.3, -0.25) is 4.79 Å². The largest absolute Gasteiger partial charge is 0.405 e. The third kappa shape index (κ3) is 4.84. The summed E-state index contributed by atoms with van der Waals surface area (Å²) >= 11 is 0. The Kier molecular flexibility index (Phi) is 5.49. The molecule has 1 aliphatic carbocycles. The number of hydrogen-bond acceptors (Lipinski definition) is 5. The molecule has 7 nitrogen and oxygen atoms in total. The molecule has 1 aromatic rings. The Labute approximate surface area is 160 Å². The molecule has 0 radical (unpaired) electrons. The fourth-order valence-electron chi connectivity index (χ4n) is 3.18. The minimum Gasteiger partial charge on any atom is -0.343 e. The summed E-state index contributed by atoms with van der Waals surface area (Å²) in [6, 6.07) is 3.69. The van der Waals surface area contributed by atoms with Gasteiger partial charge in [0.1, 0.15) is 6.54 Å². The average molecular weight is 440 g/mol. The second-order valence-electron chi connectivity index (χ2n) is 6.95. The molecule has 0 aromatic heterocycles. The number of amides is 1. The molecule has 156 valence electrons. The molecule has 1 amide bonds. The summed E-state index contributed by atoms with van der Waals surface area (Å²) in [5.74, 6) is -1.25. The van der Waals surface area contributed by atoms with Crippen LogP contribution in [-0.2, 0) is 19.9 Å². The molecule has 0 spiro atoms. The first-order valence-corrected chi connectivity index (χ1v) is 11.8. The van der Waals surface area contributed by atoms with Gasteiger partial charge < -0.3 is 5.32 Å². The molecule has 1 saturated heterocycles. The predicted molar refractivity (Wildman–Crippen MR) is 93.9 cm³/mol. The number of benzene rings is 1. The number of carbonyl (C=O) groups excluding carboxylic acids is 1. The Morgan fingerprint density at radius 2 is 1.71 bits per heavy atom. The lowest BCUT2D eigenvalue weighted by Gasteiger charge is -2.27. The van der Waals surface area contributed by atoms with Gasteiger partial charge >= 0.3 is 6.18 Å². The van der Waals surface area contributed by atoms with Gasteiger partial charge in [0, 0.05) is 17.6 Å². The van der Waals surface area contributed by atoms with Gasteiger partial charge in [0.15, 0.2) is 9.84 Å². The van der Waals surface area contributed by atoms with Crippen LogP contribution >= 0.6 is 0 Å². The van der Waals surface area contributed by atoms with E-state index in [0.29, 0.717) is 12.8 Å². The average Bonchev–Trinajstić information content (AvgIpc) is 3.35. The molecular weight excluding hydrogens is 421 g/mol. The Morgan fingerprint density at radius 1 is 1.11 bits per heavy atom. The number of nitrogens with zero attached hydrogens (tertiary/aromatic N) is 1. The Hall–Kier alpha value is -1.66. The number of halogens is 3. The van der Waals surface area contributed by atoms with Crippen molar-refractivity contribution < 1.29 is 34.8 Å². The number of sulfonamides is 1. The van der Waals surface area contributed by atoms with E-state index in [2.05, 4.69) is 0 Å². The van der Waals surface area contributed by atoms with Crippen LogP contribution in [0.5, 0.6) is 0 Å². The molecule has 1 aromatic carbocycles. The van der Waals surface area contributed by atoms with Crippen molar-refractivity contribution in [2.45, 2.75) is 42.4 Å². The molecule has 1 saturated carbocycles. The first kappa shape index (κ1) is 21.1. The van der Waals surface area contributed by atoms with E-state index in [1.807, 2.05) is 0 Å². The van der Waals surface area contributed by atoms with Crippen molar-refractivity contribution in [3.63, 3.8) is 0 Å². The summed E-state index contributed by atoms with van der Waals surface area (Å²) in [5, 5.41) is 1.71. The number of alkyl halides is 3. The second kappa shape index (κ2) is 7.30. The van der Waals surface area contributed by atoms with E-state index in [0.717, 1.165) is 24.3 Å². The van der Waals surface area contributed by atoms with E-state index < -0.39 is 44.5 Å². The topological polar surface area (TPSA) is 101 Å². The Bertz CT molecular complexity index is 955. The normalized spacial score (nSPS) is 22.4. The highest BCUT2D eigenvalue weighted by Crippen LogP contribution is 2.36. The van der Waals surface area contributed by atoms with Gasteiger partial charge in [-0.15, -0.1) is 0 Å². The third-order valence-electron chi connectivity index (χ3n) is 4.62. The van der Waals surface area contributed by atoms with Gasteiger partial charge in [-0.05, 0) is 43.5 Å². The van der Waals surface area contributed by atoms with E-state index in [4.69, 9.17) is 0 Å². The van der Waals surface area contributed by atoms with Crippen molar-refractivity contribution in [2.24, 2.45) is 0 Å². The zero-order chi connectivity index (χ0) is 20.7. The molecule has 12 heteroatoms.